The lowest BCUT2D eigenvalue weighted by molar-refractivity contribution is 0.563. The topological polar surface area (TPSA) is 108 Å². The van der Waals surface area contributed by atoms with Gasteiger partial charge in [0.05, 0.1) is 11.3 Å². The zero-order valence-corrected chi connectivity index (χ0v) is 11.1. The monoisotopic (exact) mass is 286 g/mol. The summed E-state index contributed by atoms with van der Waals surface area (Å²) in [5.74, 6) is -0.0727. The van der Waals surface area contributed by atoms with Crippen molar-refractivity contribution in [3.05, 3.63) is 46.1 Å². The fourth-order valence-electron chi connectivity index (χ4n) is 1.79. The van der Waals surface area contributed by atoms with Crippen molar-refractivity contribution in [3.63, 3.8) is 0 Å². The molecular weight excluding hydrogens is 276 g/mol. The fourth-order valence-corrected chi connectivity index (χ4v) is 2.50. The maximum absolute atomic E-state index is 12.0. The van der Waals surface area contributed by atoms with Crippen LogP contribution in [0.4, 0.5) is 5.13 Å². The number of hydrogen-bond acceptors (Lipinski definition) is 5. The summed E-state index contributed by atoms with van der Waals surface area (Å²) < 4.78 is 5.26. The molecule has 0 saturated carbocycles. The summed E-state index contributed by atoms with van der Waals surface area (Å²) in [4.78, 5) is 20.0. The summed E-state index contributed by atoms with van der Waals surface area (Å²) in [5, 5.41) is 2.94. The molecule has 6 nitrogen and oxygen atoms in total. The van der Waals surface area contributed by atoms with E-state index in [1.807, 2.05) is 18.2 Å². The molecule has 4 N–H and O–H groups in total. The molecule has 0 radical (unpaired) electrons. The third-order valence-corrected chi connectivity index (χ3v) is 3.37. The number of guanidine groups is 1. The van der Waals surface area contributed by atoms with Crippen LogP contribution >= 0.6 is 11.3 Å². The van der Waals surface area contributed by atoms with Gasteiger partial charge in [-0.15, -0.1) is 11.3 Å². The highest BCUT2D eigenvalue weighted by Crippen LogP contribution is 2.26. The predicted molar refractivity (Wildman–Crippen MR) is 79.1 cm³/mol. The Kier molecular flexibility index (Phi) is 2.96. The lowest BCUT2D eigenvalue weighted by Gasteiger charge is -1.98. The number of para-hydroxylation sites is 1. The highest BCUT2D eigenvalue weighted by atomic mass is 32.1. The van der Waals surface area contributed by atoms with E-state index in [9.17, 15) is 4.79 Å². The number of thiazole rings is 1. The Morgan fingerprint density at radius 2 is 2.10 bits per heavy atom. The standard InChI is InChI=1S/C13H10N4O2S/c14-12(15)17-13-16-9(6-20-13)8-5-7-3-1-2-4-10(7)19-11(8)18/h1-6H,(H4,14,15,16,17). The van der Waals surface area contributed by atoms with Crippen LogP contribution in [-0.2, 0) is 0 Å². The first-order valence-corrected chi connectivity index (χ1v) is 6.60. The number of benzene rings is 1. The summed E-state index contributed by atoms with van der Waals surface area (Å²) in [6.45, 7) is 0. The second-order valence-corrected chi connectivity index (χ2v) is 4.87. The zero-order chi connectivity index (χ0) is 14.1. The number of nitrogens with zero attached hydrogens (tertiary/aromatic N) is 2. The summed E-state index contributed by atoms with van der Waals surface area (Å²) in [7, 11) is 0. The Balaban J connectivity index is 2.14. The number of nitrogens with two attached hydrogens (primary N) is 2. The van der Waals surface area contributed by atoms with Gasteiger partial charge in [-0.25, -0.2) is 9.78 Å². The molecule has 2 aromatic heterocycles. The summed E-state index contributed by atoms with van der Waals surface area (Å²) in [6.07, 6.45) is 0. The van der Waals surface area contributed by atoms with Crippen LogP contribution in [0.15, 0.2) is 49.9 Å². The van der Waals surface area contributed by atoms with Crippen LogP contribution in [0.1, 0.15) is 0 Å². The van der Waals surface area contributed by atoms with Gasteiger partial charge in [-0.3, -0.25) is 0 Å². The van der Waals surface area contributed by atoms with Crippen LogP contribution in [-0.4, -0.2) is 10.9 Å². The minimum atomic E-state index is -0.440. The van der Waals surface area contributed by atoms with E-state index in [-0.39, 0.29) is 5.96 Å². The van der Waals surface area contributed by atoms with Gasteiger partial charge in [0.15, 0.2) is 5.96 Å². The van der Waals surface area contributed by atoms with Crippen LogP contribution < -0.4 is 17.1 Å². The molecular formula is C13H10N4O2S. The Hall–Kier alpha value is -2.67. The van der Waals surface area contributed by atoms with Crippen molar-refractivity contribution in [2.45, 2.75) is 0 Å². The third-order valence-electron chi connectivity index (χ3n) is 2.63. The number of rotatable bonds is 2. The van der Waals surface area contributed by atoms with Crippen molar-refractivity contribution in [1.29, 1.82) is 0 Å². The van der Waals surface area contributed by atoms with E-state index in [0.29, 0.717) is 22.0 Å². The minimum absolute atomic E-state index is 0.0727. The van der Waals surface area contributed by atoms with Crippen molar-refractivity contribution >= 4 is 33.4 Å². The first kappa shape index (κ1) is 12.4. The quantitative estimate of drug-likeness (QED) is 0.424. The van der Waals surface area contributed by atoms with Crippen LogP contribution in [0.25, 0.3) is 22.2 Å². The van der Waals surface area contributed by atoms with E-state index in [1.165, 1.54) is 11.3 Å². The van der Waals surface area contributed by atoms with Crippen molar-refractivity contribution in [3.8, 4) is 11.3 Å². The van der Waals surface area contributed by atoms with Crippen molar-refractivity contribution in [2.24, 2.45) is 16.5 Å². The second-order valence-electron chi connectivity index (χ2n) is 4.04. The normalized spacial score (nSPS) is 10.6. The predicted octanol–water partition coefficient (Wildman–Crippen LogP) is 1.82. The van der Waals surface area contributed by atoms with Crippen molar-refractivity contribution in [1.82, 2.24) is 4.98 Å². The molecule has 3 rings (SSSR count). The van der Waals surface area contributed by atoms with Crippen LogP contribution in [0.2, 0.25) is 0 Å². The molecule has 0 unspecified atom stereocenters. The molecule has 100 valence electrons. The van der Waals surface area contributed by atoms with Crippen LogP contribution in [0.3, 0.4) is 0 Å². The smallest absolute Gasteiger partial charge is 0.345 e. The average molecular weight is 286 g/mol. The Morgan fingerprint density at radius 3 is 2.90 bits per heavy atom. The van der Waals surface area contributed by atoms with E-state index in [1.54, 1.807) is 17.5 Å². The van der Waals surface area contributed by atoms with Gasteiger partial charge >= 0.3 is 5.63 Å². The van der Waals surface area contributed by atoms with Gasteiger partial charge in [0.25, 0.3) is 0 Å². The maximum atomic E-state index is 12.0. The Bertz CT molecular complexity index is 862. The fraction of sp³-hybridized carbons (Fsp3) is 0. The van der Waals surface area contributed by atoms with E-state index < -0.39 is 5.63 Å². The lowest BCUT2D eigenvalue weighted by atomic mass is 10.1. The number of fused-ring (bicyclic) bond motifs is 1. The molecule has 0 fully saturated rings. The second kappa shape index (κ2) is 4.78. The van der Waals surface area contributed by atoms with E-state index in [2.05, 4.69) is 9.98 Å². The molecule has 0 atom stereocenters. The number of aromatic nitrogens is 1. The molecule has 7 heteroatoms. The molecule has 0 bridgehead atoms. The van der Waals surface area contributed by atoms with Gasteiger partial charge in [0, 0.05) is 10.8 Å². The van der Waals surface area contributed by atoms with E-state index in [0.717, 1.165) is 5.39 Å². The first-order valence-electron chi connectivity index (χ1n) is 5.72. The van der Waals surface area contributed by atoms with Gasteiger partial charge in [-0.05, 0) is 12.1 Å². The molecule has 20 heavy (non-hydrogen) atoms. The summed E-state index contributed by atoms with van der Waals surface area (Å²) in [5.41, 5.74) is 11.6. The molecule has 0 spiro atoms. The molecule has 0 saturated heterocycles. The third kappa shape index (κ3) is 2.26. The summed E-state index contributed by atoms with van der Waals surface area (Å²) in [6, 6.07) is 9.04. The minimum Gasteiger partial charge on any atom is -0.422 e. The molecule has 0 aliphatic rings. The van der Waals surface area contributed by atoms with Crippen molar-refractivity contribution < 1.29 is 4.42 Å². The van der Waals surface area contributed by atoms with Gasteiger partial charge in [-0.1, -0.05) is 18.2 Å². The van der Waals surface area contributed by atoms with E-state index in [4.69, 9.17) is 15.9 Å². The zero-order valence-electron chi connectivity index (χ0n) is 10.2. The lowest BCUT2D eigenvalue weighted by Crippen LogP contribution is -2.21. The van der Waals surface area contributed by atoms with Gasteiger partial charge in [-0.2, -0.15) is 4.99 Å². The highest BCUT2D eigenvalue weighted by Gasteiger charge is 2.11. The molecule has 0 amide bonds. The SMILES string of the molecule is NC(N)=Nc1nc(-c2cc3ccccc3oc2=O)cs1. The van der Waals surface area contributed by atoms with Gasteiger partial charge < -0.3 is 15.9 Å². The number of hydrogen-bond donors (Lipinski definition) is 2. The highest BCUT2D eigenvalue weighted by molar-refractivity contribution is 7.13. The van der Waals surface area contributed by atoms with Crippen molar-refractivity contribution in [2.75, 3.05) is 0 Å². The number of aliphatic imine (C=N–C) groups is 1. The first-order chi connectivity index (χ1) is 9.63. The van der Waals surface area contributed by atoms with Crippen LogP contribution in [0.5, 0.6) is 0 Å². The van der Waals surface area contributed by atoms with Gasteiger partial charge in [0.2, 0.25) is 5.13 Å². The Morgan fingerprint density at radius 1 is 1.30 bits per heavy atom. The Labute approximate surface area is 117 Å². The van der Waals surface area contributed by atoms with Gasteiger partial charge in [0.1, 0.15) is 5.58 Å². The molecule has 0 aliphatic carbocycles. The van der Waals surface area contributed by atoms with E-state index >= 15 is 0 Å². The van der Waals surface area contributed by atoms with Crippen LogP contribution in [0, 0.1) is 0 Å². The maximum Gasteiger partial charge on any atom is 0.345 e. The molecule has 2 heterocycles. The average Bonchev–Trinajstić information content (AvgIpc) is 2.85. The summed E-state index contributed by atoms with van der Waals surface area (Å²) >= 11 is 1.25. The largest absolute Gasteiger partial charge is 0.422 e. The molecule has 1 aromatic carbocycles. The molecule has 0 aliphatic heterocycles. The molecule has 3 aromatic rings.